The first-order valence-corrected chi connectivity index (χ1v) is 12.0. The van der Waals surface area contributed by atoms with Gasteiger partial charge in [0.25, 0.3) is 11.5 Å². The Hall–Kier alpha value is -4.31. The average Bonchev–Trinajstić information content (AvgIpc) is 3.45. The third-order valence-corrected chi connectivity index (χ3v) is 6.92. The van der Waals surface area contributed by atoms with Crippen molar-refractivity contribution in [3.63, 3.8) is 0 Å². The summed E-state index contributed by atoms with van der Waals surface area (Å²) in [5.41, 5.74) is 3.51. The fourth-order valence-electron chi connectivity index (χ4n) is 3.80. The van der Waals surface area contributed by atoms with Crippen molar-refractivity contribution in [2.45, 2.75) is 13.5 Å². The molecule has 8 nitrogen and oxygen atoms in total. The fourth-order valence-corrected chi connectivity index (χ4v) is 4.83. The number of imidazole rings is 1. The van der Waals surface area contributed by atoms with E-state index in [2.05, 4.69) is 15.4 Å². The number of hydrogen-bond donors (Lipinski definition) is 1. The van der Waals surface area contributed by atoms with Crippen LogP contribution in [0.25, 0.3) is 27.5 Å². The van der Waals surface area contributed by atoms with Gasteiger partial charge in [0.15, 0.2) is 4.96 Å². The Labute approximate surface area is 209 Å². The Bertz CT molecular complexity index is 1600. The van der Waals surface area contributed by atoms with Crippen LogP contribution in [0.15, 0.2) is 71.7 Å². The minimum Gasteiger partial charge on any atom is -0.497 e. The molecule has 2 aromatic carbocycles. The molecule has 5 aromatic rings. The SMILES string of the molecule is COc1ccc(-c2ccc(=O)n(CCNC(=O)c3sc4nc(-c5ccc(F)cc5)cn4c3C)n2)cc1. The van der Waals surface area contributed by atoms with E-state index < -0.39 is 0 Å². The van der Waals surface area contributed by atoms with Crippen LogP contribution in [0, 0.1) is 12.7 Å². The normalized spacial score (nSPS) is 11.1. The fraction of sp³-hybridized carbons (Fsp3) is 0.154. The monoisotopic (exact) mass is 503 g/mol. The Balaban J connectivity index is 1.27. The number of amides is 1. The number of ether oxygens (including phenoxy) is 1. The molecule has 0 saturated carbocycles. The number of fused-ring (bicyclic) bond motifs is 1. The van der Waals surface area contributed by atoms with E-state index in [4.69, 9.17) is 4.74 Å². The van der Waals surface area contributed by atoms with Gasteiger partial charge in [-0.25, -0.2) is 14.1 Å². The van der Waals surface area contributed by atoms with E-state index in [-0.39, 0.29) is 30.4 Å². The molecule has 36 heavy (non-hydrogen) atoms. The number of carbonyl (C=O) groups is 1. The highest BCUT2D eigenvalue weighted by molar-refractivity contribution is 7.19. The number of methoxy groups -OCH3 is 1. The van der Waals surface area contributed by atoms with Gasteiger partial charge >= 0.3 is 0 Å². The van der Waals surface area contributed by atoms with Gasteiger partial charge in [0.05, 0.1) is 25.0 Å². The van der Waals surface area contributed by atoms with E-state index in [1.807, 2.05) is 41.8 Å². The molecule has 0 fully saturated rings. The zero-order chi connectivity index (χ0) is 25.2. The van der Waals surface area contributed by atoms with Crippen LogP contribution in [0.1, 0.15) is 15.4 Å². The van der Waals surface area contributed by atoms with Gasteiger partial charge in [-0.15, -0.1) is 0 Å². The van der Waals surface area contributed by atoms with Crippen LogP contribution in [0.3, 0.4) is 0 Å². The number of rotatable bonds is 7. The number of aromatic nitrogens is 4. The van der Waals surface area contributed by atoms with Crippen LogP contribution in [0.5, 0.6) is 5.75 Å². The van der Waals surface area contributed by atoms with Crippen LogP contribution in [-0.2, 0) is 6.54 Å². The molecule has 0 aliphatic rings. The first kappa shape index (κ1) is 23.4. The van der Waals surface area contributed by atoms with Gasteiger partial charge in [0.1, 0.15) is 16.4 Å². The molecule has 0 atom stereocenters. The lowest BCUT2D eigenvalue weighted by atomic mass is 10.1. The third kappa shape index (κ3) is 4.63. The largest absolute Gasteiger partial charge is 0.497 e. The molecule has 3 heterocycles. The summed E-state index contributed by atoms with van der Waals surface area (Å²) >= 11 is 1.27. The van der Waals surface area contributed by atoms with Crippen molar-refractivity contribution in [3.05, 3.63) is 93.6 Å². The maximum absolute atomic E-state index is 13.2. The summed E-state index contributed by atoms with van der Waals surface area (Å²) in [7, 11) is 1.60. The van der Waals surface area contributed by atoms with Crippen LogP contribution >= 0.6 is 11.3 Å². The Kier molecular flexibility index (Phi) is 6.34. The highest BCUT2D eigenvalue weighted by Crippen LogP contribution is 2.27. The van der Waals surface area contributed by atoms with Crippen LogP contribution in [0.2, 0.25) is 0 Å². The molecule has 0 spiro atoms. The highest BCUT2D eigenvalue weighted by atomic mass is 32.1. The van der Waals surface area contributed by atoms with Crippen molar-refractivity contribution < 1.29 is 13.9 Å². The summed E-state index contributed by atoms with van der Waals surface area (Å²) in [6.07, 6.45) is 1.83. The lowest BCUT2D eigenvalue weighted by Crippen LogP contribution is -2.31. The van der Waals surface area contributed by atoms with Crippen LogP contribution in [-0.4, -0.2) is 38.7 Å². The number of aryl methyl sites for hydroxylation is 1. The van der Waals surface area contributed by atoms with Gasteiger partial charge in [-0.1, -0.05) is 11.3 Å². The molecule has 1 amide bonds. The van der Waals surface area contributed by atoms with Crippen molar-refractivity contribution in [1.82, 2.24) is 24.5 Å². The number of halogens is 1. The minimum absolute atomic E-state index is 0.227. The standard InChI is InChI=1S/C26H22FN5O3S/c1-16-24(36-26-29-22(15-31(16)26)18-3-7-19(27)8-4-18)25(34)28-13-14-32-23(33)12-11-21(30-32)17-5-9-20(35-2)10-6-17/h3-12,15H,13-14H2,1-2H3,(H,28,34). The number of benzene rings is 2. The topological polar surface area (TPSA) is 90.5 Å². The first-order chi connectivity index (χ1) is 17.4. The molecular weight excluding hydrogens is 481 g/mol. The predicted molar refractivity (Wildman–Crippen MR) is 136 cm³/mol. The molecule has 0 saturated heterocycles. The van der Waals surface area contributed by atoms with E-state index in [0.717, 1.165) is 22.6 Å². The zero-order valence-electron chi connectivity index (χ0n) is 19.6. The molecule has 3 aromatic heterocycles. The summed E-state index contributed by atoms with van der Waals surface area (Å²) < 4.78 is 21.6. The van der Waals surface area contributed by atoms with E-state index in [1.54, 1.807) is 25.3 Å². The lowest BCUT2D eigenvalue weighted by molar-refractivity contribution is 0.0955. The summed E-state index contributed by atoms with van der Waals surface area (Å²) in [5, 5.41) is 7.30. The quantitative estimate of drug-likeness (QED) is 0.360. The van der Waals surface area contributed by atoms with E-state index in [9.17, 15) is 14.0 Å². The Morgan fingerprint density at radius 3 is 2.42 bits per heavy atom. The molecule has 0 aliphatic heterocycles. The molecular formula is C26H22FN5O3S. The van der Waals surface area contributed by atoms with Crippen molar-refractivity contribution in [2.75, 3.05) is 13.7 Å². The number of carbonyl (C=O) groups excluding carboxylic acids is 1. The number of hydrogen-bond acceptors (Lipinski definition) is 6. The van der Waals surface area contributed by atoms with Crippen LogP contribution < -0.4 is 15.6 Å². The van der Waals surface area contributed by atoms with Gasteiger partial charge in [0, 0.05) is 35.6 Å². The molecule has 10 heteroatoms. The zero-order valence-corrected chi connectivity index (χ0v) is 20.4. The maximum Gasteiger partial charge on any atom is 0.266 e. The smallest absolute Gasteiger partial charge is 0.266 e. The summed E-state index contributed by atoms with van der Waals surface area (Å²) in [6.45, 7) is 2.31. The highest BCUT2D eigenvalue weighted by Gasteiger charge is 2.18. The second-order valence-electron chi connectivity index (χ2n) is 8.07. The third-order valence-electron chi connectivity index (χ3n) is 5.76. The van der Waals surface area contributed by atoms with E-state index >= 15 is 0 Å². The summed E-state index contributed by atoms with van der Waals surface area (Å²) in [5.74, 6) is 0.184. The Morgan fingerprint density at radius 1 is 1.03 bits per heavy atom. The van der Waals surface area contributed by atoms with Gasteiger partial charge in [-0.05, 0) is 61.5 Å². The molecule has 182 valence electrons. The van der Waals surface area contributed by atoms with Gasteiger partial charge in [0.2, 0.25) is 0 Å². The number of thiazole rings is 1. The van der Waals surface area contributed by atoms with Crippen molar-refractivity contribution in [1.29, 1.82) is 0 Å². The number of nitrogens with zero attached hydrogens (tertiary/aromatic N) is 4. The number of nitrogens with one attached hydrogen (secondary N) is 1. The molecule has 0 aliphatic carbocycles. The predicted octanol–water partition coefficient (Wildman–Crippen LogP) is 4.17. The molecule has 5 rings (SSSR count). The second-order valence-corrected chi connectivity index (χ2v) is 9.04. The van der Waals surface area contributed by atoms with Crippen molar-refractivity contribution in [2.24, 2.45) is 0 Å². The molecule has 0 bridgehead atoms. The van der Waals surface area contributed by atoms with E-state index in [1.165, 1.54) is 34.2 Å². The molecule has 1 N–H and O–H groups in total. The average molecular weight is 504 g/mol. The van der Waals surface area contributed by atoms with Gasteiger partial charge < -0.3 is 10.1 Å². The van der Waals surface area contributed by atoms with Gasteiger partial charge in [-0.2, -0.15) is 5.10 Å². The molecule has 0 unspecified atom stereocenters. The van der Waals surface area contributed by atoms with Crippen LogP contribution in [0.4, 0.5) is 4.39 Å². The second kappa shape index (κ2) is 9.74. The summed E-state index contributed by atoms with van der Waals surface area (Å²) in [6, 6.07) is 16.7. The lowest BCUT2D eigenvalue weighted by Gasteiger charge is -2.09. The van der Waals surface area contributed by atoms with Crippen molar-refractivity contribution >= 4 is 22.2 Å². The first-order valence-electron chi connectivity index (χ1n) is 11.2. The minimum atomic E-state index is -0.306. The molecule has 0 radical (unpaired) electrons. The summed E-state index contributed by atoms with van der Waals surface area (Å²) in [4.78, 5) is 30.9. The maximum atomic E-state index is 13.2. The van der Waals surface area contributed by atoms with Gasteiger partial charge in [-0.3, -0.25) is 14.0 Å². The van der Waals surface area contributed by atoms with E-state index in [0.29, 0.717) is 21.2 Å². The van der Waals surface area contributed by atoms with Crippen molar-refractivity contribution in [3.8, 4) is 28.3 Å². The Morgan fingerprint density at radius 2 is 1.72 bits per heavy atom.